The van der Waals surface area contributed by atoms with Crippen molar-refractivity contribution in [1.82, 2.24) is 4.90 Å². The molecule has 1 amide bonds. The zero-order valence-electron chi connectivity index (χ0n) is 14.7. The molecule has 0 unspecified atom stereocenters. The predicted octanol–water partition coefficient (Wildman–Crippen LogP) is 4.99. The fourth-order valence-electron chi connectivity index (χ4n) is 2.19. The van der Waals surface area contributed by atoms with E-state index in [0.717, 1.165) is 5.56 Å². The summed E-state index contributed by atoms with van der Waals surface area (Å²) in [5, 5.41) is 9.59. The second kappa shape index (κ2) is 8.88. The van der Waals surface area contributed by atoms with E-state index >= 15 is 0 Å². The predicted molar refractivity (Wildman–Crippen MR) is 107 cm³/mol. The molecule has 2 aromatic rings. The first kappa shape index (κ1) is 20.0. The summed E-state index contributed by atoms with van der Waals surface area (Å²) in [4.78, 5) is 13.3. The lowest BCUT2D eigenvalue weighted by atomic mass is 10.1. The zero-order valence-corrected chi connectivity index (χ0v) is 17.1. The van der Waals surface area contributed by atoms with Gasteiger partial charge in [0.05, 0.1) is 9.50 Å². The van der Waals surface area contributed by atoms with Crippen molar-refractivity contribution in [3.63, 3.8) is 0 Å². The number of benzene rings is 2. The van der Waals surface area contributed by atoms with Crippen LogP contribution < -0.4 is 4.74 Å². The van der Waals surface area contributed by atoms with Crippen LogP contribution in [-0.4, -0.2) is 24.9 Å². The molecule has 0 heterocycles. The van der Waals surface area contributed by atoms with Gasteiger partial charge in [-0.1, -0.05) is 41.4 Å². The first-order valence-corrected chi connectivity index (χ1v) is 8.99. The number of halogens is 2. The monoisotopic (exact) mass is 432 g/mol. The Morgan fingerprint density at radius 3 is 2.50 bits per heavy atom. The molecule has 0 saturated heterocycles. The Bertz CT molecular complexity index is 861. The molecule has 2 rings (SSSR count). The topological polar surface area (TPSA) is 53.3 Å². The van der Waals surface area contributed by atoms with E-state index in [9.17, 15) is 10.1 Å². The van der Waals surface area contributed by atoms with Crippen LogP contribution >= 0.6 is 27.5 Å². The Morgan fingerprint density at radius 1 is 1.31 bits per heavy atom. The van der Waals surface area contributed by atoms with Crippen molar-refractivity contribution in [3.05, 3.63) is 68.2 Å². The number of carbonyl (C=O) groups excluding carboxylic acids is 1. The second-order valence-corrected chi connectivity index (χ2v) is 7.22. The summed E-state index contributed by atoms with van der Waals surface area (Å²) >= 11 is 9.78. The maximum absolute atomic E-state index is 12.0. The van der Waals surface area contributed by atoms with Gasteiger partial charge in [-0.25, -0.2) is 0 Å². The van der Waals surface area contributed by atoms with Crippen LogP contribution in [0.3, 0.4) is 0 Å². The maximum atomic E-state index is 12.0. The number of carbonyl (C=O) groups is 1. The lowest BCUT2D eigenvalue weighted by molar-refractivity contribution is -0.124. The summed E-state index contributed by atoms with van der Waals surface area (Å²) in [7, 11) is 3.19. The van der Waals surface area contributed by atoms with Crippen LogP contribution in [-0.2, 0) is 11.4 Å². The molecule has 0 N–H and O–H groups in total. The van der Waals surface area contributed by atoms with Crippen LogP contribution in [0.2, 0.25) is 5.02 Å². The number of ether oxygens (including phenoxy) is 1. The van der Waals surface area contributed by atoms with Crippen molar-refractivity contribution in [2.75, 3.05) is 14.1 Å². The van der Waals surface area contributed by atoms with Gasteiger partial charge in [0.15, 0.2) is 5.75 Å². The van der Waals surface area contributed by atoms with Gasteiger partial charge in [0.1, 0.15) is 18.2 Å². The van der Waals surface area contributed by atoms with E-state index in [4.69, 9.17) is 16.3 Å². The first-order valence-electron chi connectivity index (χ1n) is 7.82. The number of rotatable bonds is 5. The van der Waals surface area contributed by atoms with Crippen molar-refractivity contribution in [2.45, 2.75) is 13.5 Å². The summed E-state index contributed by atoms with van der Waals surface area (Å²) < 4.78 is 6.48. The van der Waals surface area contributed by atoms with Crippen molar-refractivity contribution in [3.8, 4) is 11.8 Å². The molecule has 0 saturated carbocycles. The van der Waals surface area contributed by atoms with E-state index in [2.05, 4.69) is 15.9 Å². The Balaban J connectivity index is 2.23. The second-order valence-electron chi connectivity index (χ2n) is 5.96. The molecule has 0 fully saturated rings. The van der Waals surface area contributed by atoms with Crippen molar-refractivity contribution in [2.24, 2.45) is 0 Å². The highest BCUT2D eigenvalue weighted by Crippen LogP contribution is 2.35. The Morgan fingerprint density at radius 2 is 1.96 bits per heavy atom. The number of nitriles is 1. The van der Waals surface area contributed by atoms with Crippen LogP contribution in [0.25, 0.3) is 6.08 Å². The molecule has 6 heteroatoms. The van der Waals surface area contributed by atoms with E-state index < -0.39 is 0 Å². The number of aryl methyl sites for hydroxylation is 1. The van der Waals surface area contributed by atoms with E-state index in [1.54, 1.807) is 26.2 Å². The molecule has 0 aliphatic carbocycles. The van der Waals surface area contributed by atoms with Gasteiger partial charge in [-0.15, -0.1) is 0 Å². The molecular formula is C20H18BrClN2O2. The fourth-order valence-corrected chi connectivity index (χ4v) is 3.18. The summed E-state index contributed by atoms with van der Waals surface area (Å²) in [6.07, 6.45) is 1.50. The average Bonchev–Trinajstić information content (AvgIpc) is 2.59. The van der Waals surface area contributed by atoms with Crippen molar-refractivity contribution >= 4 is 39.5 Å². The van der Waals surface area contributed by atoms with Crippen LogP contribution in [0.1, 0.15) is 16.7 Å². The molecule has 4 nitrogen and oxygen atoms in total. The number of hydrogen-bond donors (Lipinski definition) is 0. The molecule has 2 aromatic carbocycles. The molecule has 0 bridgehead atoms. The zero-order chi connectivity index (χ0) is 19.3. The third-order valence-electron chi connectivity index (χ3n) is 3.59. The fraction of sp³-hybridized carbons (Fsp3) is 0.200. The number of amides is 1. The van der Waals surface area contributed by atoms with Crippen LogP contribution in [0.5, 0.6) is 5.75 Å². The minimum absolute atomic E-state index is 0.0336. The number of nitrogens with zero attached hydrogens (tertiary/aromatic N) is 2. The maximum Gasteiger partial charge on any atom is 0.264 e. The van der Waals surface area contributed by atoms with Gasteiger partial charge in [-0.3, -0.25) is 4.79 Å². The van der Waals surface area contributed by atoms with E-state index in [0.29, 0.717) is 27.4 Å². The first-order chi connectivity index (χ1) is 12.3. The highest BCUT2D eigenvalue weighted by molar-refractivity contribution is 9.10. The molecule has 134 valence electrons. The summed E-state index contributed by atoms with van der Waals surface area (Å²) in [5.74, 6) is 0.154. The third kappa shape index (κ3) is 5.10. The lowest BCUT2D eigenvalue weighted by Gasteiger charge is -2.12. The normalized spacial score (nSPS) is 11.0. The van der Waals surface area contributed by atoms with Crippen molar-refractivity contribution < 1.29 is 9.53 Å². The van der Waals surface area contributed by atoms with Gasteiger partial charge in [-0.05, 0) is 52.2 Å². The Kier molecular flexibility index (Phi) is 6.84. The SMILES string of the molecule is Cc1ccc(COc2c(Cl)cc(/C=C(/C#N)C(=O)N(C)C)cc2Br)cc1. The molecule has 0 radical (unpaired) electrons. The number of likely N-dealkylation sites (N-methyl/N-ethyl adjacent to an activating group) is 1. The summed E-state index contributed by atoms with van der Waals surface area (Å²) in [5.41, 5.74) is 2.89. The van der Waals surface area contributed by atoms with Gasteiger partial charge in [-0.2, -0.15) is 5.26 Å². The minimum Gasteiger partial charge on any atom is -0.486 e. The van der Waals surface area contributed by atoms with Gasteiger partial charge in [0, 0.05) is 14.1 Å². The highest BCUT2D eigenvalue weighted by Gasteiger charge is 2.13. The average molecular weight is 434 g/mol. The van der Waals surface area contributed by atoms with Gasteiger partial charge < -0.3 is 9.64 Å². The largest absolute Gasteiger partial charge is 0.486 e. The van der Waals surface area contributed by atoms with Crippen molar-refractivity contribution in [1.29, 1.82) is 5.26 Å². The smallest absolute Gasteiger partial charge is 0.264 e. The Labute approximate surface area is 166 Å². The molecule has 0 aliphatic rings. The molecule has 26 heavy (non-hydrogen) atoms. The van der Waals surface area contributed by atoms with Crippen LogP contribution in [0.4, 0.5) is 0 Å². The van der Waals surface area contributed by atoms with E-state index in [1.807, 2.05) is 37.3 Å². The summed E-state index contributed by atoms with van der Waals surface area (Å²) in [6.45, 7) is 2.41. The highest BCUT2D eigenvalue weighted by atomic mass is 79.9. The quantitative estimate of drug-likeness (QED) is 0.493. The van der Waals surface area contributed by atoms with Gasteiger partial charge in [0.25, 0.3) is 5.91 Å². The molecule has 0 spiro atoms. The van der Waals surface area contributed by atoms with E-state index in [1.165, 1.54) is 16.5 Å². The molecule has 0 aromatic heterocycles. The molecular weight excluding hydrogens is 416 g/mol. The molecule has 0 aliphatic heterocycles. The van der Waals surface area contributed by atoms with Gasteiger partial charge >= 0.3 is 0 Å². The summed E-state index contributed by atoms with van der Waals surface area (Å²) in [6, 6.07) is 13.4. The van der Waals surface area contributed by atoms with E-state index in [-0.39, 0.29) is 11.5 Å². The lowest BCUT2D eigenvalue weighted by Crippen LogP contribution is -2.22. The van der Waals surface area contributed by atoms with Crippen LogP contribution in [0.15, 0.2) is 46.4 Å². The number of hydrogen-bond acceptors (Lipinski definition) is 3. The molecule has 0 atom stereocenters. The van der Waals surface area contributed by atoms with Gasteiger partial charge in [0.2, 0.25) is 0 Å². The van der Waals surface area contributed by atoms with Crippen LogP contribution in [0, 0.1) is 18.3 Å². The Hall–Kier alpha value is -2.29. The third-order valence-corrected chi connectivity index (χ3v) is 4.46. The standard InChI is InChI=1S/C20H18BrClN2O2/c1-13-4-6-14(7-5-13)12-26-19-17(21)9-15(10-18(19)22)8-16(11-23)20(25)24(2)3/h4-10H,12H2,1-3H3/b16-8-. The minimum atomic E-state index is -0.362.